The van der Waals surface area contributed by atoms with Crippen LogP contribution >= 0.6 is 0 Å². The van der Waals surface area contributed by atoms with Gasteiger partial charge in [-0.05, 0) is 55.0 Å². The zero-order valence-electron chi connectivity index (χ0n) is 17.2. The van der Waals surface area contributed by atoms with Crippen molar-refractivity contribution in [3.63, 3.8) is 0 Å². The number of carbonyl (C=O) groups excluding carboxylic acids is 2. The van der Waals surface area contributed by atoms with E-state index in [4.69, 9.17) is 0 Å². The summed E-state index contributed by atoms with van der Waals surface area (Å²) in [5, 5.41) is 13.8. The lowest BCUT2D eigenvalue weighted by molar-refractivity contribution is -0.116. The van der Waals surface area contributed by atoms with Gasteiger partial charge in [0.15, 0.2) is 0 Å². The molecule has 0 radical (unpaired) electrons. The van der Waals surface area contributed by atoms with E-state index >= 15 is 0 Å². The van der Waals surface area contributed by atoms with Gasteiger partial charge in [0.25, 0.3) is 5.91 Å². The van der Waals surface area contributed by atoms with Crippen molar-refractivity contribution >= 4 is 17.5 Å². The van der Waals surface area contributed by atoms with Crippen LogP contribution in [0.4, 0.5) is 10.1 Å². The minimum absolute atomic E-state index is 0.00973. The van der Waals surface area contributed by atoms with Gasteiger partial charge in [0.2, 0.25) is 11.7 Å². The summed E-state index contributed by atoms with van der Waals surface area (Å²) in [6.07, 6.45) is 3.31. The van der Waals surface area contributed by atoms with E-state index in [2.05, 4.69) is 25.8 Å². The van der Waals surface area contributed by atoms with Crippen LogP contribution in [-0.2, 0) is 17.9 Å². The maximum atomic E-state index is 13.1. The van der Waals surface area contributed by atoms with Gasteiger partial charge in [-0.25, -0.2) is 14.1 Å². The minimum Gasteiger partial charge on any atom is -0.345 e. The Balaban J connectivity index is 1.37. The lowest BCUT2D eigenvalue weighted by atomic mass is 10.2. The first-order valence-electron chi connectivity index (χ1n) is 9.82. The van der Waals surface area contributed by atoms with Gasteiger partial charge >= 0.3 is 0 Å². The molecule has 0 aliphatic carbocycles. The Kier molecular flexibility index (Phi) is 6.02. The molecule has 0 atom stereocenters. The van der Waals surface area contributed by atoms with E-state index in [0.29, 0.717) is 17.2 Å². The number of hydrogen-bond donors (Lipinski definition) is 2. The van der Waals surface area contributed by atoms with Gasteiger partial charge in [-0.3, -0.25) is 14.3 Å². The zero-order valence-corrected chi connectivity index (χ0v) is 17.2. The SMILES string of the molecule is Cc1nc(C(=O)NCc2cccc(NC(=O)Cn3cccn3)c2)nn1-c1ccc(F)cc1. The van der Waals surface area contributed by atoms with Crippen molar-refractivity contribution in [1.82, 2.24) is 29.9 Å². The smallest absolute Gasteiger partial charge is 0.291 e. The molecule has 32 heavy (non-hydrogen) atoms. The molecule has 2 N–H and O–H groups in total. The van der Waals surface area contributed by atoms with Crippen LogP contribution < -0.4 is 10.6 Å². The van der Waals surface area contributed by atoms with Crippen LogP contribution in [-0.4, -0.2) is 36.4 Å². The second-order valence-electron chi connectivity index (χ2n) is 7.01. The molecule has 0 fully saturated rings. The third-order valence-corrected chi connectivity index (χ3v) is 4.57. The molecule has 0 spiro atoms. The fourth-order valence-electron chi connectivity index (χ4n) is 3.08. The Morgan fingerprint density at radius 2 is 1.91 bits per heavy atom. The fraction of sp³-hybridized carbons (Fsp3) is 0.136. The highest BCUT2D eigenvalue weighted by atomic mass is 19.1. The molecule has 0 unspecified atom stereocenters. The van der Waals surface area contributed by atoms with E-state index in [-0.39, 0.29) is 30.6 Å². The maximum Gasteiger partial charge on any atom is 0.291 e. The number of carbonyl (C=O) groups is 2. The number of benzene rings is 2. The topological polar surface area (TPSA) is 107 Å². The normalized spacial score (nSPS) is 10.7. The molecule has 2 aromatic carbocycles. The monoisotopic (exact) mass is 433 g/mol. The van der Waals surface area contributed by atoms with Gasteiger partial charge in [0.1, 0.15) is 18.2 Å². The summed E-state index contributed by atoms with van der Waals surface area (Å²) in [5.74, 6) is -0.494. The molecule has 2 aromatic heterocycles. The first-order chi connectivity index (χ1) is 15.5. The number of amides is 2. The van der Waals surface area contributed by atoms with Crippen LogP contribution in [0.2, 0.25) is 0 Å². The third kappa shape index (κ3) is 5.04. The van der Waals surface area contributed by atoms with Gasteiger partial charge in [-0.15, -0.1) is 5.10 Å². The summed E-state index contributed by atoms with van der Waals surface area (Å²) in [7, 11) is 0. The standard InChI is InChI=1S/C22H20FN7O2/c1-15-26-21(28-30(15)19-8-6-17(23)7-9-19)22(32)24-13-16-4-2-5-18(12-16)27-20(31)14-29-11-3-10-25-29/h2-12H,13-14H2,1H3,(H,24,32)(H,27,31). The summed E-state index contributed by atoms with van der Waals surface area (Å²) in [5.41, 5.74) is 2.02. The summed E-state index contributed by atoms with van der Waals surface area (Å²) in [6.45, 7) is 2.05. The predicted octanol–water partition coefficient (Wildman–Crippen LogP) is 2.48. The largest absolute Gasteiger partial charge is 0.345 e. The third-order valence-electron chi connectivity index (χ3n) is 4.57. The molecular weight excluding hydrogens is 413 g/mol. The van der Waals surface area contributed by atoms with E-state index in [1.165, 1.54) is 21.5 Å². The molecule has 0 saturated carbocycles. The average molecular weight is 433 g/mol. The Morgan fingerprint density at radius 3 is 2.66 bits per heavy atom. The molecule has 0 aliphatic rings. The van der Waals surface area contributed by atoms with Gasteiger partial charge < -0.3 is 10.6 Å². The van der Waals surface area contributed by atoms with Crippen molar-refractivity contribution in [2.45, 2.75) is 20.0 Å². The van der Waals surface area contributed by atoms with Gasteiger partial charge in [0, 0.05) is 24.6 Å². The first kappa shape index (κ1) is 20.9. The van der Waals surface area contributed by atoms with Gasteiger partial charge in [-0.1, -0.05) is 12.1 Å². The minimum atomic E-state index is -0.443. The second kappa shape index (κ2) is 9.21. The molecular formula is C22H20FN7O2. The molecule has 0 bridgehead atoms. The van der Waals surface area contributed by atoms with Crippen molar-refractivity contribution in [3.05, 3.63) is 90.0 Å². The van der Waals surface area contributed by atoms with E-state index in [0.717, 1.165) is 5.56 Å². The zero-order chi connectivity index (χ0) is 22.5. The van der Waals surface area contributed by atoms with Crippen molar-refractivity contribution in [1.29, 1.82) is 0 Å². The molecule has 9 nitrogen and oxygen atoms in total. The van der Waals surface area contributed by atoms with Crippen molar-refractivity contribution in [2.75, 3.05) is 5.32 Å². The van der Waals surface area contributed by atoms with E-state index in [1.807, 2.05) is 6.07 Å². The highest BCUT2D eigenvalue weighted by Gasteiger charge is 2.15. The molecule has 4 aromatic rings. The molecule has 2 heterocycles. The van der Waals surface area contributed by atoms with E-state index < -0.39 is 5.91 Å². The number of rotatable bonds is 7. The second-order valence-corrected chi connectivity index (χ2v) is 7.01. The van der Waals surface area contributed by atoms with Crippen molar-refractivity contribution in [3.8, 4) is 5.69 Å². The number of hydrogen-bond acceptors (Lipinski definition) is 5. The lowest BCUT2D eigenvalue weighted by Gasteiger charge is -2.08. The lowest BCUT2D eigenvalue weighted by Crippen LogP contribution is -2.24. The van der Waals surface area contributed by atoms with E-state index in [9.17, 15) is 14.0 Å². The van der Waals surface area contributed by atoms with Crippen LogP contribution in [0.3, 0.4) is 0 Å². The molecule has 0 aliphatic heterocycles. The summed E-state index contributed by atoms with van der Waals surface area (Å²) in [4.78, 5) is 28.8. The Morgan fingerprint density at radius 1 is 1.09 bits per heavy atom. The molecule has 2 amide bonds. The van der Waals surface area contributed by atoms with Crippen molar-refractivity contribution < 1.29 is 14.0 Å². The maximum absolute atomic E-state index is 13.1. The van der Waals surface area contributed by atoms with Gasteiger partial charge in [-0.2, -0.15) is 5.10 Å². The number of nitrogens with one attached hydrogen (secondary N) is 2. The molecule has 0 saturated heterocycles. The molecule has 162 valence electrons. The Hall–Kier alpha value is -4.34. The number of halogens is 1. The summed E-state index contributed by atoms with van der Waals surface area (Å²) in [6, 6.07) is 14.7. The number of aryl methyl sites for hydroxylation is 1. The number of aromatic nitrogens is 5. The van der Waals surface area contributed by atoms with Crippen LogP contribution in [0.1, 0.15) is 22.0 Å². The van der Waals surface area contributed by atoms with Crippen LogP contribution in [0, 0.1) is 12.7 Å². The molecule has 10 heteroatoms. The fourth-order valence-corrected chi connectivity index (χ4v) is 3.08. The van der Waals surface area contributed by atoms with Gasteiger partial charge in [0.05, 0.1) is 5.69 Å². The Bertz CT molecular complexity index is 1230. The number of nitrogens with zero attached hydrogens (tertiary/aromatic N) is 5. The first-order valence-corrected chi connectivity index (χ1v) is 9.82. The van der Waals surface area contributed by atoms with Crippen molar-refractivity contribution in [2.24, 2.45) is 0 Å². The highest BCUT2D eigenvalue weighted by Crippen LogP contribution is 2.12. The number of anilines is 1. The quantitative estimate of drug-likeness (QED) is 0.466. The van der Waals surface area contributed by atoms with E-state index in [1.54, 1.807) is 55.7 Å². The van der Waals surface area contributed by atoms with Crippen LogP contribution in [0.5, 0.6) is 0 Å². The summed E-state index contributed by atoms with van der Waals surface area (Å²) < 4.78 is 16.1. The summed E-state index contributed by atoms with van der Waals surface area (Å²) >= 11 is 0. The highest BCUT2D eigenvalue weighted by molar-refractivity contribution is 5.91. The Labute approximate surface area is 182 Å². The average Bonchev–Trinajstić information content (AvgIpc) is 3.42. The van der Waals surface area contributed by atoms with Crippen LogP contribution in [0.15, 0.2) is 67.0 Å². The molecule has 4 rings (SSSR count). The van der Waals surface area contributed by atoms with Crippen LogP contribution in [0.25, 0.3) is 5.69 Å². The predicted molar refractivity (Wildman–Crippen MR) is 115 cm³/mol.